The van der Waals surface area contributed by atoms with Crippen molar-refractivity contribution in [2.45, 2.75) is 13.0 Å². The third kappa shape index (κ3) is 6.16. The maximum atomic E-state index is 12.4. The van der Waals surface area contributed by atoms with Crippen molar-refractivity contribution < 1.29 is 13.9 Å². The molecular formula is C26H30N4O3. The zero-order valence-electron chi connectivity index (χ0n) is 18.9. The van der Waals surface area contributed by atoms with Crippen LogP contribution in [-0.2, 0) is 13.0 Å². The molecule has 172 valence electrons. The van der Waals surface area contributed by atoms with Crippen LogP contribution in [0.15, 0.2) is 82.4 Å². The molecule has 0 atom stereocenters. The first-order valence-corrected chi connectivity index (χ1v) is 11.3. The monoisotopic (exact) mass is 446 g/mol. The second kappa shape index (κ2) is 11.2. The number of hydrogen-bond acceptors (Lipinski definition) is 4. The molecule has 0 unspecified atom stereocenters. The summed E-state index contributed by atoms with van der Waals surface area (Å²) in [5.74, 6) is 2.07. The molecule has 0 saturated carbocycles. The summed E-state index contributed by atoms with van der Waals surface area (Å²) in [5.41, 5.74) is 2.39. The number of rotatable bonds is 7. The normalized spacial score (nSPS) is 14.3. The van der Waals surface area contributed by atoms with Crippen LogP contribution in [0.5, 0.6) is 5.75 Å². The molecule has 1 aromatic heterocycles. The fourth-order valence-electron chi connectivity index (χ4n) is 3.82. The van der Waals surface area contributed by atoms with Crippen LogP contribution in [0.2, 0.25) is 0 Å². The van der Waals surface area contributed by atoms with Crippen LogP contribution in [-0.4, -0.2) is 61.4 Å². The summed E-state index contributed by atoms with van der Waals surface area (Å²) in [6, 6.07) is 21.8. The number of nitrogens with one attached hydrogen (secondary N) is 1. The van der Waals surface area contributed by atoms with Gasteiger partial charge in [-0.05, 0) is 41.8 Å². The molecule has 2 aromatic carbocycles. The van der Waals surface area contributed by atoms with Crippen molar-refractivity contribution in [1.29, 1.82) is 0 Å². The van der Waals surface area contributed by atoms with Gasteiger partial charge in [-0.2, -0.15) is 0 Å². The summed E-state index contributed by atoms with van der Waals surface area (Å²) < 4.78 is 11.1. The minimum Gasteiger partial charge on any atom is -0.489 e. The number of furan rings is 1. The Labute approximate surface area is 194 Å². The topological polar surface area (TPSA) is 70.3 Å². The van der Waals surface area contributed by atoms with Crippen LogP contribution >= 0.6 is 0 Å². The third-order valence-electron chi connectivity index (χ3n) is 5.68. The number of guanidine groups is 1. The van der Waals surface area contributed by atoms with E-state index in [1.165, 1.54) is 11.8 Å². The Morgan fingerprint density at radius 1 is 0.939 bits per heavy atom. The largest absolute Gasteiger partial charge is 0.489 e. The number of carbonyl (C=O) groups is 1. The van der Waals surface area contributed by atoms with Gasteiger partial charge in [0.15, 0.2) is 11.7 Å². The zero-order valence-corrected chi connectivity index (χ0v) is 18.9. The number of aliphatic imine (C=N–C) groups is 1. The van der Waals surface area contributed by atoms with Gasteiger partial charge in [0, 0.05) is 39.8 Å². The lowest BCUT2D eigenvalue weighted by atomic mass is 10.1. The number of hydrogen-bond donors (Lipinski definition) is 1. The quantitative estimate of drug-likeness (QED) is 0.445. The number of benzene rings is 2. The van der Waals surface area contributed by atoms with Crippen molar-refractivity contribution in [2.24, 2.45) is 4.99 Å². The number of nitrogens with zero attached hydrogens (tertiary/aromatic N) is 3. The average Bonchev–Trinajstić information content (AvgIpc) is 3.42. The zero-order chi connectivity index (χ0) is 22.9. The van der Waals surface area contributed by atoms with Crippen molar-refractivity contribution in [1.82, 2.24) is 15.1 Å². The number of carbonyl (C=O) groups excluding carboxylic acids is 1. The Morgan fingerprint density at radius 2 is 1.67 bits per heavy atom. The molecule has 0 radical (unpaired) electrons. The second-order valence-electron chi connectivity index (χ2n) is 7.90. The Bertz CT molecular complexity index is 1030. The molecule has 0 aliphatic carbocycles. The van der Waals surface area contributed by atoms with E-state index in [0.29, 0.717) is 25.5 Å². The molecule has 0 bridgehead atoms. The molecule has 3 aromatic rings. The molecule has 4 rings (SSSR count). The number of ether oxygens (including phenoxy) is 1. The van der Waals surface area contributed by atoms with Crippen molar-refractivity contribution in [3.05, 3.63) is 89.9 Å². The maximum absolute atomic E-state index is 12.4. The summed E-state index contributed by atoms with van der Waals surface area (Å²) >= 11 is 0. The van der Waals surface area contributed by atoms with Gasteiger partial charge in [-0.15, -0.1) is 0 Å². The van der Waals surface area contributed by atoms with Gasteiger partial charge in [0.05, 0.1) is 6.26 Å². The van der Waals surface area contributed by atoms with E-state index in [2.05, 4.69) is 39.5 Å². The van der Waals surface area contributed by atoms with Crippen molar-refractivity contribution in [3.63, 3.8) is 0 Å². The van der Waals surface area contributed by atoms with Crippen LogP contribution in [0, 0.1) is 0 Å². The first-order chi connectivity index (χ1) is 16.2. The third-order valence-corrected chi connectivity index (χ3v) is 5.68. The predicted octanol–water partition coefficient (Wildman–Crippen LogP) is 3.43. The van der Waals surface area contributed by atoms with Gasteiger partial charge in [0.1, 0.15) is 12.4 Å². The molecule has 7 nitrogen and oxygen atoms in total. The smallest absolute Gasteiger partial charge is 0.289 e. The Morgan fingerprint density at radius 3 is 2.33 bits per heavy atom. The predicted molar refractivity (Wildman–Crippen MR) is 128 cm³/mol. The molecule has 1 saturated heterocycles. The molecule has 0 spiro atoms. The molecule has 1 aliphatic rings. The van der Waals surface area contributed by atoms with Crippen LogP contribution in [0.1, 0.15) is 21.7 Å². The highest BCUT2D eigenvalue weighted by atomic mass is 16.5. The fraction of sp³-hybridized carbons (Fsp3) is 0.308. The van der Waals surface area contributed by atoms with E-state index in [1.807, 2.05) is 35.2 Å². The average molecular weight is 447 g/mol. The summed E-state index contributed by atoms with van der Waals surface area (Å²) in [7, 11) is 1.79. The van der Waals surface area contributed by atoms with Crippen molar-refractivity contribution in [2.75, 3.05) is 39.8 Å². The van der Waals surface area contributed by atoms with E-state index in [9.17, 15) is 4.79 Å². The summed E-state index contributed by atoms with van der Waals surface area (Å²) in [4.78, 5) is 20.9. The van der Waals surface area contributed by atoms with E-state index >= 15 is 0 Å². The highest BCUT2D eigenvalue weighted by Gasteiger charge is 2.25. The van der Waals surface area contributed by atoms with Crippen LogP contribution < -0.4 is 10.1 Å². The minimum atomic E-state index is -0.0567. The molecule has 1 N–H and O–H groups in total. The van der Waals surface area contributed by atoms with Gasteiger partial charge in [-0.1, -0.05) is 42.5 Å². The SMILES string of the molecule is CN=C(NCCc1ccc(OCc2ccccc2)cc1)N1CCN(C(=O)c2ccco2)CC1. The lowest BCUT2D eigenvalue weighted by Gasteiger charge is -2.36. The van der Waals surface area contributed by atoms with E-state index in [-0.39, 0.29) is 5.91 Å². The molecule has 2 heterocycles. The number of amides is 1. The Hall–Kier alpha value is -3.74. The minimum absolute atomic E-state index is 0.0567. The van der Waals surface area contributed by atoms with E-state index in [4.69, 9.17) is 9.15 Å². The summed E-state index contributed by atoms with van der Waals surface area (Å²) in [6.45, 7) is 4.11. The summed E-state index contributed by atoms with van der Waals surface area (Å²) in [6.07, 6.45) is 2.41. The molecule has 1 amide bonds. The second-order valence-corrected chi connectivity index (χ2v) is 7.90. The van der Waals surface area contributed by atoms with E-state index in [1.54, 1.807) is 19.2 Å². The van der Waals surface area contributed by atoms with Crippen molar-refractivity contribution >= 4 is 11.9 Å². The number of piperazine rings is 1. The van der Waals surface area contributed by atoms with Crippen molar-refractivity contribution in [3.8, 4) is 5.75 Å². The van der Waals surface area contributed by atoms with Gasteiger partial charge >= 0.3 is 0 Å². The Balaban J connectivity index is 1.19. The van der Waals surface area contributed by atoms with Crippen LogP contribution in [0.25, 0.3) is 0 Å². The summed E-state index contributed by atoms with van der Waals surface area (Å²) in [5, 5.41) is 3.44. The molecule has 7 heteroatoms. The van der Waals surface area contributed by atoms with E-state index < -0.39 is 0 Å². The van der Waals surface area contributed by atoms with Gasteiger partial charge in [0.25, 0.3) is 5.91 Å². The Kier molecular flexibility index (Phi) is 7.64. The highest BCUT2D eigenvalue weighted by molar-refractivity contribution is 5.91. The molecule has 1 aliphatic heterocycles. The molecule has 1 fully saturated rings. The lowest BCUT2D eigenvalue weighted by molar-refractivity contribution is 0.0658. The van der Waals surface area contributed by atoms with Gasteiger partial charge < -0.3 is 24.3 Å². The fourth-order valence-corrected chi connectivity index (χ4v) is 3.82. The standard InChI is InChI=1S/C26H30N4O3/c1-27-26(30-17-15-29(16-18-30)25(31)24-8-5-19-32-24)28-14-13-21-9-11-23(12-10-21)33-20-22-6-3-2-4-7-22/h2-12,19H,13-18,20H2,1H3,(H,27,28). The lowest BCUT2D eigenvalue weighted by Crippen LogP contribution is -2.53. The molecular weight excluding hydrogens is 416 g/mol. The highest BCUT2D eigenvalue weighted by Crippen LogP contribution is 2.15. The van der Waals surface area contributed by atoms with E-state index in [0.717, 1.165) is 43.3 Å². The van der Waals surface area contributed by atoms with Gasteiger partial charge in [0.2, 0.25) is 0 Å². The first kappa shape index (κ1) is 22.5. The van der Waals surface area contributed by atoms with Gasteiger partial charge in [-0.3, -0.25) is 9.79 Å². The van der Waals surface area contributed by atoms with Gasteiger partial charge in [-0.25, -0.2) is 0 Å². The maximum Gasteiger partial charge on any atom is 0.289 e. The first-order valence-electron chi connectivity index (χ1n) is 11.3. The molecule has 33 heavy (non-hydrogen) atoms. The van der Waals surface area contributed by atoms with Crippen LogP contribution in [0.3, 0.4) is 0 Å². The van der Waals surface area contributed by atoms with Crippen LogP contribution in [0.4, 0.5) is 0 Å².